The maximum absolute atomic E-state index is 12.6. The third-order valence-corrected chi connectivity index (χ3v) is 2.46. The topological polar surface area (TPSA) is 18.5 Å². The number of halogens is 2. The van der Waals surface area contributed by atoms with Crippen LogP contribution in [0.4, 0.5) is 8.78 Å². The van der Waals surface area contributed by atoms with Crippen molar-refractivity contribution in [2.75, 3.05) is 0 Å². The van der Waals surface area contributed by atoms with Crippen molar-refractivity contribution in [2.45, 2.75) is 26.2 Å². The van der Waals surface area contributed by atoms with Crippen LogP contribution in [0.1, 0.15) is 13.8 Å². The highest BCUT2D eigenvalue weighted by atomic mass is 19.3. The van der Waals surface area contributed by atoms with Crippen LogP contribution in [-0.2, 0) is 9.47 Å². The summed E-state index contributed by atoms with van der Waals surface area (Å²) in [6.45, 7) is 3.73. The summed E-state index contributed by atoms with van der Waals surface area (Å²) < 4.78 is 34.1. The summed E-state index contributed by atoms with van der Waals surface area (Å²) in [6.07, 6.45) is -0.759. The normalized spacial score (nSPS) is 36.0. The van der Waals surface area contributed by atoms with Crippen LogP contribution in [-0.4, -0.2) is 12.4 Å². The van der Waals surface area contributed by atoms with Crippen LogP contribution in [0.5, 0.6) is 0 Å². The lowest BCUT2D eigenvalue weighted by Crippen LogP contribution is -2.24. The third kappa shape index (κ3) is 1.35. The minimum absolute atomic E-state index is 0.0478. The summed E-state index contributed by atoms with van der Waals surface area (Å²) in [5.74, 6) is 0.177. The molecule has 0 N–H and O–H groups in total. The lowest BCUT2D eigenvalue weighted by atomic mass is 9.91. The van der Waals surface area contributed by atoms with Gasteiger partial charge in [0.2, 0.25) is 0 Å². The first-order chi connectivity index (χ1) is 5.99. The summed E-state index contributed by atoms with van der Waals surface area (Å²) in [7, 11) is 0. The number of hydrogen-bond donors (Lipinski definition) is 0. The molecule has 0 spiro atoms. The number of allylic oxidation sites excluding steroid dienone is 2. The Bertz CT molecular complexity index is 294. The van der Waals surface area contributed by atoms with Gasteiger partial charge in [-0.05, 0) is 13.0 Å². The summed E-state index contributed by atoms with van der Waals surface area (Å²) in [6, 6.07) is 0. The Morgan fingerprint density at radius 3 is 2.77 bits per heavy atom. The van der Waals surface area contributed by atoms with E-state index in [1.54, 1.807) is 12.2 Å². The van der Waals surface area contributed by atoms with E-state index in [0.29, 0.717) is 0 Å². The minimum Gasteiger partial charge on any atom is -0.411 e. The summed E-state index contributed by atoms with van der Waals surface area (Å²) in [4.78, 5) is 0. The van der Waals surface area contributed by atoms with E-state index in [9.17, 15) is 8.78 Å². The van der Waals surface area contributed by atoms with Crippen LogP contribution >= 0.6 is 0 Å². The molecule has 0 aromatic heterocycles. The molecular weight excluding hydrogens is 178 g/mol. The van der Waals surface area contributed by atoms with Gasteiger partial charge in [-0.3, -0.25) is 4.74 Å². The van der Waals surface area contributed by atoms with Crippen LogP contribution in [0.25, 0.3) is 0 Å². The highest BCUT2D eigenvalue weighted by Crippen LogP contribution is 2.41. The van der Waals surface area contributed by atoms with Crippen molar-refractivity contribution >= 4 is 0 Å². The van der Waals surface area contributed by atoms with E-state index in [-0.39, 0.29) is 11.7 Å². The molecule has 1 aliphatic carbocycles. The van der Waals surface area contributed by atoms with E-state index in [0.717, 1.165) is 5.57 Å². The third-order valence-electron chi connectivity index (χ3n) is 2.46. The van der Waals surface area contributed by atoms with Gasteiger partial charge in [-0.1, -0.05) is 18.6 Å². The fraction of sp³-hybridized carbons (Fsp3) is 0.556. The van der Waals surface area contributed by atoms with Crippen molar-refractivity contribution in [3.63, 3.8) is 0 Å². The number of alkyl halides is 2. The van der Waals surface area contributed by atoms with Gasteiger partial charge in [0.25, 0.3) is 0 Å². The highest BCUT2D eigenvalue weighted by Gasteiger charge is 2.50. The molecule has 2 unspecified atom stereocenters. The Hall–Kier alpha value is -0.900. The van der Waals surface area contributed by atoms with Gasteiger partial charge in [-0.2, -0.15) is 0 Å². The standard InChI is InChI=1S/C9H10F2O2/c1-5-3-4-7-8(6(5)2)13-9(10,11)12-7/h3-4,6,8H,1-2H3. The Labute approximate surface area is 74.8 Å². The van der Waals surface area contributed by atoms with Gasteiger partial charge in [0.05, 0.1) is 0 Å². The molecule has 0 saturated carbocycles. The van der Waals surface area contributed by atoms with Crippen LogP contribution < -0.4 is 0 Å². The van der Waals surface area contributed by atoms with Gasteiger partial charge >= 0.3 is 6.29 Å². The van der Waals surface area contributed by atoms with Gasteiger partial charge in [-0.25, -0.2) is 0 Å². The van der Waals surface area contributed by atoms with E-state index in [2.05, 4.69) is 9.47 Å². The second kappa shape index (κ2) is 2.54. The second-order valence-corrected chi connectivity index (χ2v) is 3.37. The van der Waals surface area contributed by atoms with Crippen molar-refractivity contribution in [3.05, 3.63) is 23.5 Å². The fourth-order valence-corrected chi connectivity index (χ4v) is 1.51. The minimum atomic E-state index is -3.46. The Kier molecular flexibility index (Phi) is 1.70. The maximum Gasteiger partial charge on any atom is 0.535 e. The van der Waals surface area contributed by atoms with E-state index >= 15 is 0 Å². The average Bonchev–Trinajstić information content (AvgIpc) is 2.34. The second-order valence-electron chi connectivity index (χ2n) is 3.37. The lowest BCUT2D eigenvalue weighted by molar-refractivity contribution is -0.343. The molecule has 0 radical (unpaired) electrons. The molecule has 0 aromatic carbocycles. The van der Waals surface area contributed by atoms with Gasteiger partial charge in [0.15, 0.2) is 0 Å². The van der Waals surface area contributed by atoms with Crippen LogP contribution in [0, 0.1) is 5.92 Å². The molecule has 72 valence electrons. The number of fused-ring (bicyclic) bond motifs is 1. The van der Waals surface area contributed by atoms with E-state index < -0.39 is 12.4 Å². The molecule has 1 saturated heterocycles. The van der Waals surface area contributed by atoms with Crippen LogP contribution in [0.2, 0.25) is 0 Å². The number of ether oxygens (including phenoxy) is 2. The number of rotatable bonds is 0. The Morgan fingerprint density at radius 1 is 1.38 bits per heavy atom. The highest BCUT2D eigenvalue weighted by molar-refractivity contribution is 5.27. The SMILES string of the molecule is CC1=CC=C2OC(F)(F)OC2C1C. The predicted octanol–water partition coefficient (Wildman–Crippen LogP) is 2.43. The van der Waals surface area contributed by atoms with Gasteiger partial charge < -0.3 is 4.74 Å². The molecule has 2 rings (SSSR count). The molecule has 0 aromatic rings. The molecule has 0 bridgehead atoms. The molecular formula is C9H10F2O2. The molecule has 1 aliphatic heterocycles. The molecule has 2 aliphatic rings. The van der Waals surface area contributed by atoms with Crippen molar-refractivity contribution in [1.82, 2.24) is 0 Å². The van der Waals surface area contributed by atoms with E-state index in [1.165, 1.54) is 0 Å². The van der Waals surface area contributed by atoms with Crippen molar-refractivity contribution in [3.8, 4) is 0 Å². The lowest BCUT2D eigenvalue weighted by Gasteiger charge is -2.20. The summed E-state index contributed by atoms with van der Waals surface area (Å²) in [5.41, 5.74) is 1.02. The van der Waals surface area contributed by atoms with Crippen molar-refractivity contribution in [1.29, 1.82) is 0 Å². The zero-order valence-electron chi connectivity index (χ0n) is 7.38. The molecule has 0 amide bonds. The number of hydrogen-bond acceptors (Lipinski definition) is 2. The predicted molar refractivity (Wildman–Crippen MR) is 41.9 cm³/mol. The zero-order chi connectivity index (χ0) is 9.64. The van der Waals surface area contributed by atoms with Gasteiger partial charge in [0.1, 0.15) is 11.9 Å². The zero-order valence-corrected chi connectivity index (χ0v) is 7.38. The maximum atomic E-state index is 12.6. The first kappa shape index (κ1) is 8.69. The molecule has 1 heterocycles. The summed E-state index contributed by atoms with van der Waals surface area (Å²) in [5, 5.41) is 0. The van der Waals surface area contributed by atoms with Gasteiger partial charge in [0, 0.05) is 5.92 Å². The molecule has 1 fully saturated rings. The first-order valence-electron chi connectivity index (χ1n) is 4.12. The Morgan fingerprint density at radius 2 is 2.08 bits per heavy atom. The van der Waals surface area contributed by atoms with Crippen LogP contribution in [0.3, 0.4) is 0 Å². The first-order valence-corrected chi connectivity index (χ1v) is 4.12. The van der Waals surface area contributed by atoms with Crippen molar-refractivity contribution in [2.24, 2.45) is 5.92 Å². The Balaban J connectivity index is 2.28. The quantitative estimate of drug-likeness (QED) is 0.581. The van der Waals surface area contributed by atoms with E-state index in [4.69, 9.17) is 0 Å². The van der Waals surface area contributed by atoms with Crippen LogP contribution in [0.15, 0.2) is 23.5 Å². The fourth-order valence-electron chi connectivity index (χ4n) is 1.51. The summed E-state index contributed by atoms with van der Waals surface area (Å²) >= 11 is 0. The molecule has 13 heavy (non-hydrogen) atoms. The van der Waals surface area contributed by atoms with E-state index in [1.807, 2.05) is 13.8 Å². The smallest absolute Gasteiger partial charge is 0.411 e. The molecule has 4 heteroatoms. The average molecular weight is 188 g/mol. The largest absolute Gasteiger partial charge is 0.535 e. The van der Waals surface area contributed by atoms with Gasteiger partial charge in [-0.15, -0.1) is 8.78 Å². The molecule has 2 atom stereocenters. The monoisotopic (exact) mass is 188 g/mol. The van der Waals surface area contributed by atoms with Crippen molar-refractivity contribution < 1.29 is 18.3 Å². The molecule has 2 nitrogen and oxygen atoms in total.